The van der Waals surface area contributed by atoms with E-state index in [2.05, 4.69) is 21.2 Å². The summed E-state index contributed by atoms with van der Waals surface area (Å²) in [7, 11) is 0. The second kappa shape index (κ2) is 10.9. The second-order valence-corrected chi connectivity index (χ2v) is 7.42. The molecule has 0 fully saturated rings. The van der Waals surface area contributed by atoms with Crippen LogP contribution in [0.1, 0.15) is 37.8 Å². The van der Waals surface area contributed by atoms with Gasteiger partial charge in [-0.05, 0) is 29.7 Å². The van der Waals surface area contributed by atoms with Gasteiger partial charge in [0.05, 0.1) is 0 Å². The third-order valence-corrected chi connectivity index (χ3v) is 4.86. The van der Waals surface area contributed by atoms with Crippen LogP contribution in [0.25, 0.3) is 0 Å². The molecule has 2 aromatic rings. The van der Waals surface area contributed by atoms with Gasteiger partial charge in [0, 0.05) is 30.4 Å². The van der Waals surface area contributed by atoms with Crippen molar-refractivity contribution in [1.29, 1.82) is 0 Å². The average molecular weight is 431 g/mol. The molecule has 2 rings (SSSR count). The zero-order chi connectivity index (χ0) is 19.6. The minimum atomic E-state index is -0.537. The first-order valence-corrected chi connectivity index (χ1v) is 10.2. The van der Waals surface area contributed by atoms with E-state index in [0.717, 1.165) is 22.0 Å². The number of benzene rings is 2. The lowest BCUT2D eigenvalue weighted by Gasteiger charge is -2.31. The van der Waals surface area contributed by atoms with Gasteiger partial charge in [0.2, 0.25) is 11.8 Å². The molecule has 2 aromatic carbocycles. The lowest BCUT2D eigenvalue weighted by molar-refractivity contribution is -0.141. The Hall–Kier alpha value is -2.14. The third-order valence-electron chi connectivity index (χ3n) is 4.36. The molecule has 0 heterocycles. The van der Waals surface area contributed by atoms with Gasteiger partial charge in [0.25, 0.3) is 0 Å². The molecule has 4 nitrogen and oxygen atoms in total. The number of rotatable bonds is 9. The van der Waals surface area contributed by atoms with Crippen LogP contribution in [0, 0.1) is 0 Å². The highest BCUT2D eigenvalue weighted by Gasteiger charge is 2.29. The monoisotopic (exact) mass is 430 g/mol. The Kier molecular flexibility index (Phi) is 8.52. The summed E-state index contributed by atoms with van der Waals surface area (Å²) >= 11 is 3.48. The van der Waals surface area contributed by atoms with Crippen molar-refractivity contribution >= 4 is 27.7 Å². The molecule has 5 heteroatoms. The highest BCUT2D eigenvalue weighted by molar-refractivity contribution is 9.10. The molecule has 0 bridgehead atoms. The smallest absolute Gasteiger partial charge is 0.243 e. The van der Waals surface area contributed by atoms with Gasteiger partial charge in [-0.15, -0.1) is 0 Å². The maximum absolute atomic E-state index is 12.9. The number of halogens is 1. The van der Waals surface area contributed by atoms with Crippen molar-refractivity contribution in [3.8, 4) is 0 Å². The van der Waals surface area contributed by atoms with E-state index in [-0.39, 0.29) is 11.8 Å². The van der Waals surface area contributed by atoms with Crippen LogP contribution in [0.15, 0.2) is 59.1 Å². The van der Waals surface area contributed by atoms with Crippen molar-refractivity contribution in [2.45, 2.75) is 45.7 Å². The second-order valence-electron chi connectivity index (χ2n) is 6.50. The maximum atomic E-state index is 12.9. The van der Waals surface area contributed by atoms with Crippen LogP contribution in [-0.2, 0) is 22.6 Å². The fourth-order valence-corrected chi connectivity index (χ4v) is 3.40. The molecule has 0 aliphatic carbocycles. The molecule has 1 N–H and O–H groups in total. The summed E-state index contributed by atoms with van der Waals surface area (Å²) in [6.07, 6.45) is 1.72. The molecule has 144 valence electrons. The third kappa shape index (κ3) is 6.51. The molecule has 0 unspecified atom stereocenters. The predicted molar refractivity (Wildman–Crippen MR) is 112 cm³/mol. The number of amides is 2. The summed E-state index contributed by atoms with van der Waals surface area (Å²) < 4.78 is 0.957. The topological polar surface area (TPSA) is 49.4 Å². The first-order valence-electron chi connectivity index (χ1n) is 9.40. The standard InChI is InChI=1S/C22H27BrN2O2/c1-3-13-24-22(27)20(15-17-9-6-5-7-10-17)25(21(26)4-2)16-18-11-8-12-19(23)14-18/h5-12,14,20H,3-4,13,15-16H2,1-2H3,(H,24,27)/t20-/m0/s1. The Morgan fingerprint density at radius 1 is 1.04 bits per heavy atom. The summed E-state index contributed by atoms with van der Waals surface area (Å²) in [6.45, 7) is 4.86. The van der Waals surface area contributed by atoms with Gasteiger partial charge < -0.3 is 10.2 Å². The average Bonchev–Trinajstić information content (AvgIpc) is 2.69. The van der Waals surface area contributed by atoms with E-state index in [1.165, 1.54) is 0 Å². The molecular formula is C22H27BrN2O2. The van der Waals surface area contributed by atoms with Crippen LogP contribution in [0.4, 0.5) is 0 Å². The summed E-state index contributed by atoms with van der Waals surface area (Å²) in [6, 6.07) is 17.2. The maximum Gasteiger partial charge on any atom is 0.243 e. The van der Waals surface area contributed by atoms with E-state index < -0.39 is 6.04 Å². The highest BCUT2D eigenvalue weighted by atomic mass is 79.9. The fourth-order valence-electron chi connectivity index (χ4n) is 2.96. The Labute approximate surface area is 170 Å². The number of hydrogen-bond donors (Lipinski definition) is 1. The summed E-state index contributed by atoms with van der Waals surface area (Å²) in [4.78, 5) is 27.4. The summed E-state index contributed by atoms with van der Waals surface area (Å²) in [5.41, 5.74) is 2.03. The van der Waals surface area contributed by atoms with Crippen molar-refractivity contribution in [3.05, 3.63) is 70.2 Å². The van der Waals surface area contributed by atoms with Crippen LogP contribution in [0.2, 0.25) is 0 Å². The molecule has 1 atom stereocenters. The largest absolute Gasteiger partial charge is 0.354 e. The van der Waals surface area contributed by atoms with E-state index in [1.807, 2.05) is 68.4 Å². The molecule has 2 amide bonds. The molecule has 0 aliphatic rings. The fraction of sp³-hybridized carbons (Fsp3) is 0.364. The molecule has 0 aliphatic heterocycles. The Balaban J connectivity index is 2.32. The minimum Gasteiger partial charge on any atom is -0.354 e. The number of nitrogens with zero attached hydrogens (tertiary/aromatic N) is 1. The van der Waals surface area contributed by atoms with Crippen molar-refractivity contribution in [2.75, 3.05) is 6.54 Å². The zero-order valence-electron chi connectivity index (χ0n) is 16.0. The van der Waals surface area contributed by atoms with Crippen LogP contribution in [-0.4, -0.2) is 29.3 Å². The summed E-state index contributed by atoms with van der Waals surface area (Å²) in [5.74, 6) is -0.125. The van der Waals surface area contributed by atoms with Gasteiger partial charge in [-0.1, -0.05) is 72.2 Å². The normalized spacial score (nSPS) is 11.7. The van der Waals surface area contributed by atoms with Gasteiger partial charge >= 0.3 is 0 Å². The SMILES string of the molecule is CCCNC(=O)[C@H](Cc1ccccc1)N(Cc1cccc(Br)c1)C(=O)CC. The molecule has 0 aromatic heterocycles. The minimum absolute atomic E-state index is 0.0254. The molecule has 0 radical (unpaired) electrons. The summed E-state index contributed by atoms with van der Waals surface area (Å²) in [5, 5.41) is 2.97. The van der Waals surface area contributed by atoms with E-state index in [1.54, 1.807) is 4.90 Å². The quantitative estimate of drug-likeness (QED) is 0.643. The van der Waals surface area contributed by atoms with Crippen molar-refractivity contribution < 1.29 is 9.59 Å². The number of carbonyl (C=O) groups is 2. The van der Waals surface area contributed by atoms with Gasteiger partial charge in [-0.25, -0.2) is 0 Å². The first-order chi connectivity index (χ1) is 13.0. The molecular weight excluding hydrogens is 404 g/mol. The van der Waals surface area contributed by atoms with Crippen molar-refractivity contribution in [3.63, 3.8) is 0 Å². The number of hydrogen-bond acceptors (Lipinski definition) is 2. The highest BCUT2D eigenvalue weighted by Crippen LogP contribution is 2.18. The lowest BCUT2D eigenvalue weighted by atomic mass is 10.0. The molecule has 27 heavy (non-hydrogen) atoms. The van der Waals surface area contributed by atoms with Crippen molar-refractivity contribution in [1.82, 2.24) is 10.2 Å². The molecule has 0 saturated carbocycles. The van der Waals surface area contributed by atoms with Crippen LogP contribution in [0.5, 0.6) is 0 Å². The Morgan fingerprint density at radius 3 is 2.37 bits per heavy atom. The molecule has 0 saturated heterocycles. The van der Waals surface area contributed by atoms with Gasteiger partial charge in [0.15, 0.2) is 0 Å². The van der Waals surface area contributed by atoms with E-state index in [4.69, 9.17) is 0 Å². The number of nitrogens with one attached hydrogen (secondary N) is 1. The zero-order valence-corrected chi connectivity index (χ0v) is 17.5. The first kappa shape index (κ1) is 21.2. The van der Waals surface area contributed by atoms with Crippen LogP contribution >= 0.6 is 15.9 Å². The van der Waals surface area contributed by atoms with Gasteiger partial charge in [0.1, 0.15) is 6.04 Å². The number of carbonyl (C=O) groups excluding carboxylic acids is 2. The van der Waals surface area contributed by atoms with Gasteiger partial charge in [-0.2, -0.15) is 0 Å². The van der Waals surface area contributed by atoms with Crippen molar-refractivity contribution in [2.24, 2.45) is 0 Å². The van der Waals surface area contributed by atoms with E-state index >= 15 is 0 Å². The Morgan fingerprint density at radius 2 is 1.74 bits per heavy atom. The molecule has 0 spiro atoms. The van der Waals surface area contributed by atoms with E-state index in [0.29, 0.717) is 25.9 Å². The van der Waals surface area contributed by atoms with Gasteiger partial charge in [-0.3, -0.25) is 9.59 Å². The van der Waals surface area contributed by atoms with Crippen LogP contribution in [0.3, 0.4) is 0 Å². The lowest BCUT2D eigenvalue weighted by Crippen LogP contribution is -2.50. The van der Waals surface area contributed by atoms with E-state index in [9.17, 15) is 9.59 Å². The predicted octanol–water partition coefficient (Wildman–Crippen LogP) is 4.33. The van der Waals surface area contributed by atoms with Crippen LogP contribution < -0.4 is 5.32 Å². The Bertz CT molecular complexity index is 749.